The summed E-state index contributed by atoms with van der Waals surface area (Å²) in [5, 5.41) is 0. The van der Waals surface area contributed by atoms with Crippen LogP contribution >= 0.6 is 0 Å². The lowest BCUT2D eigenvalue weighted by molar-refractivity contribution is 0.305. The molecular weight excluding hydrogens is 459 g/mol. The van der Waals surface area contributed by atoms with E-state index in [0.29, 0.717) is 29.0 Å². The van der Waals surface area contributed by atoms with Gasteiger partial charge in [-0.25, -0.2) is 17.6 Å². The van der Waals surface area contributed by atoms with Gasteiger partial charge in [0.05, 0.1) is 6.61 Å². The summed E-state index contributed by atoms with van der Waals surface area (Å²) in [6.45, 7) is 3.43. The molecular formula is C29H29F5O. The first-order valence-corrected chi connectivity index (χ1v) is 12.1. The molecule has 0 amide bonds. The molecule has 1 nitrogen and oxygen atoms in total. The Kier molecular flexibility index (Phi) is 7.78. The van der Waals surface area contributed by atoms with Crippen LogP contribution < -0.4 is 4.74 Å². The van der Waals surface area contributed by atoms with Gasteiger partial charge in [-0.15, -0.1) is 0 Å². The summed E-state index contributed by atoms with van der Waals surface area (Å²) in [7, 11) is 0. The minimum atomic E-state index is -1.08. The molecule has 0 radical (unpaired) electrons. The van der Waals surface area contributed by atoms with E-state index in [-0.39, 0.29) is 29.4 Å². The van der Waals surface area contributed by atoms with Crippen LogP contribution in [-0.4, -0.2) is 6.61 Å². The highest BCUT2D eigenvalue weighted by molar-refractivity contribution is 5.66. The van der Waals surface area contributed by atoms with Crippen LogP contribution in [0.1, 0.15) is 61.6 Å². The van der Waals surface area contributed by atoms with Crippen molar-refractivity contribution in [3.8, 4) is 16.9 Å². The number of aryl methyl sites for hydroxylation is 2. The van der Waals surface area contributed by atoms with Crippen molar-refractivity contribution in [2.75, 3.05) is 6.61 Å². The topological polar surface area (TPSA) is 9.23 Å². The third-order valence-electron chi connectivity index (χ3n) is 7.12. The van der Waals surface area contributed by atoms with Gasteiger partial charge in [-0.1, -0.05) is 24.3 Å². The highest BCUT2D eigenvalue weighted by Crippen LogP contribution is 2.40. The van der Waals surface area contributed by atoms with Crippen LogP contribution in [0.15, 0.2) is 42.5 Å². The SMILES string of the molecule is CCOc1ccc(-c2ccc(C3CCC(CCc4ccc(C)c(F)c4F)CC3)c(F)c2)c(F)c1F. The summed E-state index contributed by atoms with van der Waals surface area (Å²) in [5.41, 5.74) is 1.53. The zero-order valence-corrected chi connectivity index (χ0v) is 19.9. The second-order valence-corrected chi connectivity index (χ2v) is 9.33. The fourth-order valence-electron chi connectivity index (χ4n) is 5.05. The number of hydrogen-bond acceptors (Lipinski definition) is 1. The van der Waals surface area contributed by atoms with Gasteiger partial charge in [-0.2, -0.15) is 4.39 Å². The van der Waals surface area contributed by atoms with Crippen LogP contribution in [0.4, 0.5) is 22.0 Å². The second kappa shape index (κ2) is 10.8. The van der Waals surface area contributed by atoms with E-state index in [9.17, 15) is 17.6 Å². The van der Waals surface area contributed by atoms with Gasteiger partial charge in [-0.3, -0.25) is 0 Å². The van der Waals surface area contributed by atoms with Crippen LogP contribution in [0, 0.1) is 41.9 Å². The largest absolute Gasteiger partial charge is 0.491 e. The lowest BCUT2D eigenvalue weighted by Crippen LogP contribution is -2.15. The molecule has 4 rings (SSSR count). The minimum absolute atomic E-state index is 0.0140. The van der Waals surface area contributed by atoms with Gasteiger partial charge >= 0.3 is 0 Å². The molecule has 1 aliphatic carbocycles. The summed E-state index contributed by atoms with van der Waals surface area (Å²) in [6.07, 6.45) is 4.57. The van der Waals surface area contributed by atoms with Crippen molar-refractivity contribution in [3.05, 3.63) is 88.2 Å². The molecule has 0 aliphatic heterocycles. The van der Waals surface area contributed by atoms with Crippen molar-refractivity contribution in [2.24, 2.45) is 5.92 Å². The third-order valence-corrected chi connectivity index (χ3v) is 7.12. The smallest absolute Gasteiger partial charge is 0.201 e. The van der Waals surface area contributed by atoms with E-state index >= 15 is 4.39 Å². The molecule has 35 heavy (non-hydrogen) atoms. The maximum atomic E-state index is 15.0. The molecule has 0 aromatic heterocycles. The van der Waals surface area contributed by atoms with Gasteiger partial charge in [0, 0.05) is 5.56 Å². The second-order valence-electron chi connectivity index (χ2n) is 9.33. The van der Waals surface area contributed by atoms with Crippen molar-refractivity contribution >= 4 is 0 Å². The van der Waals surface area contributed by atoms with Crippen LogP contribution in [0.25, 0.3) is 11.1 Å². The van der Waals surface area contributed by atoms with Crippen molar-refractivity contribution in [2.45, 2.75) is 58.3 Å². The van der Waals surface area contributed by atoms with Crippen molar-refractivity contribution in [3.63, 3.8) is 0 Å². The van der Waals surface area contributed by atoms with E-state index in [1.165, 1.54) is 18.2 Å². The first kappa shape index (κ1) is 25.2. The lowest BCUT2D eigenvalue weighted by Gasteiger charge is -2.29. The van der Waals surface area contributed by atoms with Gasteiger partial charge < -0.3 is 4.74 Å². The molecule has 186 valence electrons. The first-order valence-electron chi connectivity index (χ1n) is 12.1. The van der Waals surface area contributed by atoms with Gasteiger partial charge in [0.2, 0.25) is 5.82 Å². The Morgan fingerprint density at radius 3 is 2.23 bits per heavy atom. The van der Waals surface area contributed by atoms with Crippen LogP contribution in [0.2, 0.25) is 0 Å². The van der Waals surface area contributed by atoms with E-state index in [0.717, 1.165) is 32.1 Å². The predicted molar refractivity (Wildman–Crippen MR) is 127 cm³/mol. The van der Waals surface area contributed by atoms with E-state index < -0.39 is 29.1 Å². The van der Waals surface area contributed by atoms with Crippen LogP contribution in [0.5, 0.6) is 5.75 Å². The molecule has 3 aromatic rings. The molecule has 1 fully saturated rings. The molecule has 3 aromatic carbocycles. The number of ether oxygens (including phenoxy) is 1. The molecule has 1 aliphatic rings. The number of hydrogen-bond donors (Lipinski definition) is 0. The van der Waals surface area contributed by atoms with E-state index in [1.807, 2.05) is 0 Å². The Bertz CT molecular complexity index is 1200. The number of benzene rings is 3. The zero-order chi connectivity index (χ0) is 25.1. The Morgan fingerprint density at radius 1 is 0.800 bits per heavy atom. The summed E-state index contributed by atoms with van der Waals surface area (Å²) in [4.78, 5) is 0. The lowest BCUT2D eigenvalue weighted by atomic mass is 9.76. The summed E-state index contributed by atoms with van der Waals surface area (Å²) >= 11 is 0. The van der Waals surface area contributed by atoms with Crippen molar-refractivity contribution < 1.29 is 26.7 Å². The van der Waals surface area contributed by atoms with E-state index in [1.54, 1.807) is 38.1 Å². The van der Waals surface area contributed by atoms with Crippen LogP contribution in [0.3, 0.4) is 0 Å². The molecule has 0 unspecified atom stereocenters. The Morgan fingerprint density at radius 2 is 1.54 bits per heavy atom. The Labute approximate surface area is 202 Å². The Balaban J connectivity index is 1.39. The molecule has 0 heterocycles. The van der Waals surface area contributed by atoms with Gasteiger partial charge in [0.15, 0.2) is 23.2 Å². The maximum Gasteiger partial charge on any atom is 0.201 e. The summed E-state index contributed by atoms with van der Waals surface area (Å²) in [5.74, 6) is -3.87. The quantitative estimate of drug-likeness (QED) is 0.302. The fourth-order valence-corrected chi connectivity index (χ4v) is 5.05. The van der Waals surface area contributed by atoms with E-state index in [2.05, 4.69) is 0 Å². The number of rotatable bonds is 7. The summed E-state index contributed by atoms with van der Waals surface area (Å²) in [6, 6.07) is 10.5. The molecule has 0 bridgehead atoms. The van der Waals surface area contributed by atoms with E-state index in [4.69, 9.17) is 4.74 Å². The monoisotopic (exact) mass is 488 g/mol. The van der Waals surface area contributed by atoms with Crippen molar-refractivity contribution in [1.82, 2.24) is 0 Å². The Hall–Kier alpha value is -2.89. The van der Waals surface area contributed by atoms with Gasteiger partial charge in [0.1, 0.15) is 5.82 Å². The molecule has 0 N–H and O–H groups in total. The highest BCUT2D eigenvalue weighted by atomic mass is 19.2. The number of halogens is 5. The highest BCUT2D eigenvalue weighted by Gasteiger charge is 2.25. The summed E-state index contributed by atoms with van der Waals surface area (Å²) < 4.78 is 76.8. The zero-order valence-electron chi connectivity index (χ0n) is 19.9. The maximum absolute atomic E-state index is 15.0. The van der Waals surface area contributed by atoms with Gasteiger partial charge in [0.25, 0.3) is 0 Å². The van der Waals surface area contributed by atoms with Gasteiger partial charge in [-0.05, 0) is 105 Å². The predicted octanol–water partition coefficient (Wildman–Crippen LogP) is 8.66. The van der Waals surface area contributed by atoms with Crippen LogP contribution in [-0.2, 0) is 6.42 Å². The van der Waals surface area contributed by atoms with Crippen molar-refractivity contribution in [1.29, 1.82) is 0 Å². The molecule has 0 spiro atoms. The molecule has 6 heteroatoms. The molecule has 0 atom stereocenters. The first-order chi connectivity index (χ1) is 16.8. The minimum Gasteiger partial charge on any atom is -0.491 e. The molecule has 1 saturated carbocycles. The fraction of sp³-hybridized carbons (Fsp3) is 0.379. The normalized spacial score (nSPS) is 18.0. The average Bonchev–Trinajstić information content (AvgIpc) is 2.85. The third kappa shape index (κ3) is 5.36. The molecule has 0 saturated heterocycles. The average molecular weight is 489 g/mol. The standard InChI is InChI=1S/C29H29F5O/c1-3-35-25-15-14-23(28(33)29(25)34)21-12-13-22(24(30)16-21)19-9-5-18(6-10-19)7-11-20-8-4-17(2)26(31)27(20)32/h4,8,12-16,18-19H,3,5-7,9-11H2,1-2H3.